The number of pyridine rings is 1. The van der Waals surface area contributed by atoms with E-state index in [0.717, 1.165) is 9.75 Å². The Morgan fingerprint density at radius 1 is 0.800 bits per heavy atom. The Bertz CT molecular complexity index is 921. The number of hydrogen-bond donors (Lipinski definition) is 2. The van der Waals surface area contributed by atoms with Crippen molar-refractivity contribution in [3.8, 4) is 0 Å². The zero-order valence-corrected chi connectivity index (χ0v) is 17.8. The third kappa shape index (κ3) is 7.02. The second-order valence-electron chi connectivity index (χ2n) is 6.02. The summed E-state index contributed by atoms with van der Waals surface area (Å²) < 4.78 is 0. The fourth-order valence-electron chi connectivity index (χ4n) is 2.38. The van der Waals surface area contributed by atoms with Crippen molar-refractivity contribution in [3.05, 3.63) is 74.4 Å². The number of carbonyl (C=O) groups excluding carboxylic acids is 2. The standard InChI is InChI=1S/C21H21N5O2S2/c27-20(24-10-8-22-14-16-4-2-12-29-16)18-6-1-7-19(26-18)21(28)25-11-9-23-15-17-5-3-13-30-17/h1-7,12-15H,8-11H2,(H,24,27)(H,25,28). The highest BCUT2D eigenvalue weighted by molar-refractivity contribution is 7.12. The van der Waals surface area contributed by atoms with Crippen LogP contribution in [0.1, 0.15) is 30.7 Å². The molecule has 0 aliphatic heterocycles. The number of rotatable bonds is 10. The summed E-state index contributed by atoms with van der Waals surface area (Å²) in [5, 5.41) is 9.48. The van der Waals surface area contributed by atoms with Gasteiger partial charge in [0.05, 0.1) is 13.1 Å². The monoisotopic (exact) mass is 439 g/mol. The lowest BCUT2D eigenvalue weighted by atomic mass is 10.2. The minimum Gasteiger partial charge on any atom is -0.349 e. The van der Waals surface area contributed by atoms with E-state index in [2.05, 4.69) is 25.6 Å². The van der Waals surface area contributed by atoms with Gasteiger partial charge in [-0.15, -0.1) is 22.7 Å². The van der Waals surface area contributed by atoms with Crippen molar-refractivity contribution in [1.29, 1.82) is 0 Å². The average molecular weight is 440 g/mol. The molecule has 3 aromatic rings. The second-order valence-corrected chi connectivity index (χ2v) is 7.98. The van der Waals surface area contributed by atoms with Crippen molar-refractivity contribution >= 4 is 46.9 Å². The van der Waals surface area contributed by atoms with E-state index in [4.69, 9.17) is 0 Å². The van der Waals surface area contributed by atoms with E-state index >= 15 is 0 Å². The molecule has 3 aromatic heterocycles. The number of thiophene rings is 2. The van der Waals surface area contributed by atoms with Crippen LogP contribution in [-0.4, -0.2) is 55.4 Å². The first-order valence-electron chi connectivity index (χ1n) is 9.32. The lowest BCUT2D eigenvalue weighted by Crippen LogP contribution is -2.29. The molecule has 3 heterocycles. The van der Waals surface area contributed by atoms with Crippen LogP contribution in [0.4, 0.5) is 0 Å². The van der Waals surface area contributed by atoms with E-state index < -0.39 is 0 Å². The summed E-state index contributed by atoms with van der Waals surface area (Å²) >= 11 is 3.21. The van der Waals surface area contributed by atoms with Gasteiger partial charge in [0, 0.05) is 35.3 Å². The van der Waals surface area contributed by atoms with Crippen LogP contribution in [0.2, 0.25) is 0 Å². The molecule has 154 valence electrons. The predicted molar refractivity (Wildman–Crippen MR) is 122 cm³/mol. The molecule has 0 spiro atoms. The number of amides is 2. The molecule has 2 N–H and O–H groups in total. The maximum atomic E-state index is 12.2. The lowest BCUT2D eigenvalue weighted by molar-refractivity contribution is 0.0945. The summed E-state index contributed by atoms with van der Waals surface area (Å²) in [5.41, 5.74) is 0.390. The molecule has 0 radical (unpaired) electrons. The minimum atomic E-state index is -0.337. The topological polar surface area (TPSA) is 95.8 Å². The largest absolute Gasteiger partial charge is 0.349 e. The highest BCUT2D eigenvalue weighted by atomic mass is 32.1. The van der Waals surface area contributed by atoms with Crippen LogP contribution in [0.3, 0.4) is 0 Å². The summed E-state index contributed by atoms with van der Waals surface area (Å²) in [6, 6.07) is 12.7. The summed E-state index contributed by atoms with van der Waals surface area (Å²) in [6.45, 7) is 1.72. The molecule has 3 rings (SSSR count). The van der Waals surface area contributed by atoms with Crippen LogP contribution < -0.4 is 10.6 Å². The SMILES string of the molecule is O=C(NCCN=Cc1cccs1)c1cccc(C(=O)NCCN=Cc2cccs2)n1. The van der Waals surface area contributed by atoms with Crippen LogP contribution in [0, 0.1) is 0 Å². The van der Waals surface area contributed by atoms with Crippen LogP contribution in [0.5, 0.6) is 0 Å². The highest BCUT2D eigenvalue weighted by Gasteiger charge is 2.11. The molecule has 9 heteroatoms. The quantitative estimate of drug-likeness (QED) is 0.376. The molecule has 0 unspecified atom stereocenters. The van der Waals surface area contributed by atoms with Gasteiger partial charge >= 0.3 is 0 Å². The Kier molecular flexibility index (Phi) is 8.43. The molecule has 0 saturated carbocycles. The molecule has 0 aliphatic carbocycles. The molecule has 0 aromatic carbocycles. The number of aliphatic imine (C=N–C) groups is 2. The summed E-state index contributed by atoms with van der Waals surface area (Å²) in [4.78, 5) is 39.3. The van der Waals surface area contributed by atoms with Crippen molar-refractivity contribution in [1.82, 2.24) is 15.6 Å². The molecule has 30 heavy (non-hydrogen) atoms. The van der Waals surface area contributed by atoms with Gasteiger partial charge < -0.3 is 10.6 Å². The van der Waals surface area contributed by atoms with Crippen molar-refractivity contribution in [2.24, 2.45) is 9.98 Å². The third-order valence-corrected chi connectivity index (χ3v) is 5.40. The molecular weight excluding hydrogens is 418 g/mol. The first-order valence-corrected chi connectivity index (χ1v) is 11.1. The van der Waals surface area contributed by atoms with Crippen LogP contribution in [0.25, 0.3) is 0 Å². The van der Waals surface area contributed by atoms with Crippen molar-refractivity contribution < 1.29 is 9.59 Å². The molecule has 0 bridgehead atoms. The summed E-state index contributed by atoms with van der Waals surface area (Å²) in [5.74, 6) is -0.673. The smallest absolute Gasteiger partial charge is 0.269 e. The minimum absolute atomic E-state index is 0.195. The van der Waals surface area contributed by atoms with E-state index in [0.29, 0.717) is 26.2 Å². The van der Waals surface area contributed by atoms with E-state index in [1.54, 1.807) is 53.3 Å². The number of nitrogens with one attached hydrogen (secondary N) is 2. The molecule has 0 fully saturated rings. The Balaban J connectivity index is 1.41. The first kappa shape index (κ1) is 21.5. The van der Waals surface area contributed by atoms with Gasteiger partial charge in [-0.25, -0.2) is 4.98 Å². The predicted octanol–water partition coefficient (Wildman–Crippen LogP) is 2.90. The maximum Gasteiger partial charge on any atom is 0.269 e. The fourth-order valence-corrected chi connectivity index (χ4v) is 3.59. The Morgan fingerprint density at radius 3 is 1.73 bits per heavy atom. The Morgan fingerprint density at radius 2 is 1.30 bits per heavy atom. The Labute approximate surface area is 182 Å². The molecule has 0 saturated heterocycles. The third-order valence-electron chi connectivity index (χ3n) is 3.79. The van der Waals surface area contributed by atoms with Crippen molar-refractivity contribution in [2.45, 2.75) is 0 Å². The molecule has 0 aliphatic rings. The lowest BCUT2D eigenvalue weighted by Gasteiger charge is -2.06. The molecule has 2 amide bonds. The van der Waals surface area contributed by atoms with Gasteiger partial charge in [-0.3, -0.25) is 19.6 Å². The van der Waals surface area contributed by atoms with Gasteiger partial charge in [0.25, 0.3) is 11.8 Å². The first-order chi connectivity index (χ1) is 14.7. The maximum absolute atomic E-state index is 12.2. The van der Waals surface area contributed by atoms with Crippen LogP contribution >= 0.6 is 22.7 Å². The van der Waals surface area contributed by atoms with Gasteiger partial charge in [0.2, 0.25) is 0 Å². The van der Waals surface area contributed by atoms with E-state index in [9.17, 15) is 9.59 Å². The van der Waals surface area contributed by atoms with Crippen LogP contribution in [-0.2, 0) is 0 Å². The molecule has 7 nitrogen and oxygen atoms in total. The number of carbonyl (C=O) groups is 2. The van der Waals surface area contributed by atoms with E-state index in [-0.39, 0.29) is 23.2 Å². The molecular formula is C21H21N5O2S2. The van der Waals surface area contributed by atoms with E-state index in [1.165, 1.54) is 0 Å². The van der Waals surface area contributed by atoms with Gasteiger partial charge in [-0.1, -0.05) is 18.2 Å². The summed E-state index contributed by atoms with van der Waals surface area (Å²) in [6.07, 6.45) is 3.56. The number of hydrogen-bond acceptors (Lipinski definition) is 7. The number of nitrogens with zero attached hydrogens (tertiary/aromatic N) is 3. The van der Waals surface area contributed by atoms with Gasteiger partial charge in [0.1, 0.15) is 11.4 Å². The van der Waals surface area contributed by atoms with Crippen LogP contribution in [0.15, 0.2) is 63.2 Å². The number of aromatic nitrogens is 1. The molecule has 0 atom stereocenters. The van der Waals surface area contributed by atoms with Crippen molar-refractivity contribution in [2.75, 3.05) is 26.2 Å². The Hall–Kier alpha value is -3.17. The fraction of sp³-hybridized carbons (Fsp3) is 0.190. The summed E-state index contributed by atoms with van der Waals surface area (Å²) in [7, 11) is 0. The zero-order chi connectivity index (χ0) is 21.0. The van der Waals surface area contributed by atoms with Gasteiger partial charge in [0.15, 0.2) is 0 Å². The van der Waals surface area contributed by atoms with E-state index in [1.807, 2.05) is 35.0 Å². The second kappa shape index (κ2) is 11.7. The highest BCUT2D eigenvalue weighted by Crippen LogP contribution is 2.05. The van der Waals surface area contributed by atoms with Gasteiger partial charge in [-0.05, 0) is 35.0 Å². The zero-order valence-electron chi connectivity index (χ0n) is 16.2. The average Bonchev–Trinajstić information content (AvgIpc) is 3.47. The van der Waals surface area contributed by atoms with Crippen molar-refractivity contribution in [3.63, 3.8) is 0 Å². The normalized spacial score (nSPS) is 11.2. The van der Waals surface area contributed by atoms with Gasteiger partial charge in [-0.2, -0.15) is 0 Å².